The molecular formula is C21H24N4OS. The number of aromatic nitrogens is 4. The molecule has 0 aliphatic rings. The summed E-state index contributed by atoms with van der Waals surface area (Å²) in [6.45, 7) is 12.5. The van der Waals surface area contributed by atoms with Crippen LogP contribution in [-0.2, 0) is 6.54 Å². The minimum atomic E-state index is 0.0968. The molecule has 1 aromatic carbocycles. The number of benzene rings is 1. The number of ketones is 1. The highest BCUT2D eigenvalue weighted by molar-refractivity contribution is 7.99. The summed E-state index contributed by atoms with van der Waals surface area (Å²) in [4.78, 5) is 12.8. The van der Waals surface area contributed by atoms with Crippen LogP contribution in [0.4, 0.5) is 0 Å². The average molecular weight is 381 g/mol. The molecule has 3 rings (SSSR count). The van der Waals surface area contributed by atoms with E-state index in [1.54, 1.807) is 0 Å². The molecule has 6 heteroatoms. The van der Waals surface area contributed by atoms with Crippen LogP contribution in [0.2, 0.25) is 0 Å². The second-order valence-electron chi connectivity index (χ2n) is 6.60. The van der Waals surface area contributed by atoms with Gasteiger partial charge in [0.15, 0.2) is 10.9 Å². The van der Waals surface area contributed by atoms with E-state index in [9.17, 15) is 4.79 Å². The monoisotopic (exact) mass is 380 g/mol. The fourth-order valence-corrected chi connectivity index (χ4v) is 4.01. The fourth-order valence-electron chi connectivity index (χ4n) is 3.13. The number of hydrogen-bond donors (Lipinski definition) is 0. The van der Waals surface area contributed by atoms with Crippen molar-refractivity contribution in [2.45, 2.75) is 39.4 Å². The normalized spacial score (nSPS) is 11.0. The molecule has 3 aromatic rings. The molecule has 27 heavy (non-hydrogen) atoms. The van der Waals surface area contributed by atoms with Crippen molar-refractivity contribution in [2.75, 3.05) is 5.75 Å². The minimum absolute atomic E-state index is 0.0968. The number of nitrogens with zero attached hydrogens (tertiary/aromatic N) is 4. The number of carbonyl (C=O) groups excluding carboxylic acids is 1. The van der Waals surface area contributed by atoms with E-state index in [-0.39, 0.29) is 5.78 Å². The van der Waals surface area contributed by atoms with Gasteiger partial charge in [0, 0.05) is 29.2 Å². The van der Waals surface area contributed by atoms with E-state index in [0.29, 0.717) is 12.3 Å². The summed E-state index contributed by atoms with van der Waals surface area (Å²) in [5, 5.41) is 9.18. The van der Waals surface area contributed by atoms with Crippen LogP contribution < -0.4 is 0 Å². The van der Waals surface area contributed by atoms with Gasteiger partial charge in [-0.1, -0.05) is 35.5 Å². The molecule has 5 nitrogen and oxygen atoms in total. The molecule has 0 radical (unpaired) electrons. The lowest BCUT2D eigenvalue weighted by Crippen LogP contribution is -2.07. The zero-order valence-corrected chi connectivity index (χ0v) is 17.0. The topological polar surface area (TPSA) is 52.7 Å². The molecule has 140 valence electrons. The van der Waals surface area contributed by atoms with Gasteiger partial charge >= 0.3 is 0 Å². The molecular weight excluding hydrogens is 356 g/mol. The Balaban J connectivity index is 1.80. The Bertz CT molecular complexity index is 983. The summed E-state index contributed by atoms with van der Waals surface area (Å²) in [5.74, 6) is 1.22. The van der Waals surface area contributed by atoms with E-state index < -0.39 is 0 Å². The fraction of sp³-hybridized carbons (Fsp3) is 0.286. The van der Waals surface area contributed by atoms with Crippen molar-refractivity contribution < 1.29 is 4.79 Å². The second-order valence-corrected chi connectivity index (χ2v) is 7.54. The molecule has 0 unspecified atom stereocenters. The molecule has 2 heterocycles. The molecule has 0 atom stereocenters. The van der Waals surface area contributed by atoms with Crippen molar-refractivity contribution >= 4 is 17.5 Å². The summed E-state index contributed by atoms with van der Waals surface area (Å²) in [5.41, 5.74) is 5.01. The highest BCUT2D eigenvalue weighted by Crippen LogP contribution is 2.24. The number of hydrogen-bond acceptors (Lipinski definition) is 4. The number of Topliss-reactive ketones (excluding diaryl/α,β-unsaturated/α-hetero) is 1. The van der Waals surface area contributed by atoms with Crippen molar-refractivity contribution in [1.82, 2.24) is 19.3 Å². The summed E-state index contributed by atoms with van der Waals surface area (Å²) in [6, 6.07) is 10.2. The smallest absolute Gasteiger partial charge is 0.196 e. The maximum absolute atomic E-state index is 12.8. The van der Waals surface area contributed by atoms with Crippen LogP contribution in [0.25, 0.3) is 5.69 Å². The van der Waals surface area contributed by atoms with Gasteiger partial charge in [0.05, 0.1) is 5.75 Å². The predicted octanol–water partition coefficient (Wildman–Crippen LogP) is 4.46. The van der Waals surface area contributed by atoms with Gasteiger partial charge < -0.3 is 4.57 Å². The molecule has 0 N–H and O–H groups in total. The van der Waals surface area contributed by atoms with E-state index in [4.69, 9.17) is 0 Å². The molecule has 0 aliphatic carbocycles. The third kappa shape index (κ3) is 3.90. The Kier molecular flexibility index (Phi) is 5.65. The quantitative estimate of drug-likeness (QED) is 0.345. The molecule has 0 spiro atoms. The van der Waals surface area contributed by atoms with Crippen molar-refractivity contribution in [1.29, 1.82) is 0 Å². The van der Waals surface area contributed by atoms with E-state index in [2.05, 4.69) is 40.4 Å². The van der Waals surface area contributed by atoms with E-state index in [1.165, 1.54) is 17.3 Å². The average Bonchev–Trinajstić information content (AvgIpc) is 3.15. The van der Waals surface area contributed by atoms with Gasteiger partial charge in [0.1, 0.15) is 5.82 Å². The number of carbonyl (C=O) groups is 1. The standard InChI is InChI=1S/C21H24N4OS/c1-6-11-24-15(3)12-19(16(24)4)20(26)13-27-21-23-22-17(5)25(21)18-9-7-14(2)8-10-18/h6-10,12H,1,11,13H2,2-5H3. The van der Waals surface area contributed by atoms with Crippen molar-refractivity contribution in [2.24, 2.45) is 0 Å². The summed E-state index contributed by atoms with van der Waals surface area (Å²) in [7, 11) is 0. The van der Waals surface area contributed by atoms with Gasteiger partial charge in [-0.25, -0.2) is 0 Å². The van der Waals surface area contributed by atoms with Gasteiger partial charge in [-0.3, -0.25) is 9.36 Å². The van der Waals surface area contributed by atoms with E-state index >= 15 is 0 Å². The number of aryl methyl sites for hydroxylation is 3. The lowest BCUT2D eigenvalue weighted by Gasteiger charge is -2.09. The maximum atomic E-state index is 12.8. The SMILES string of the molecule is C=CCn1c(C)cc(C(=O)CSc2nnc(C)n2-c2ccc(C)cc2)c1C. The molecule has 0 bridgehead atoms. The van der Waals surface area contributed by atoms with Crippen LogP contribution >= 0.6 is 11.8 Å². The summed E-state index contributed by atoms with van der Waals surface area (Å²) < 4.78 is 4.09. The van der Waals surface area contributed by atoms with Crippen LogP contribution in [0.15, 0.2) is 48.1 Å². The van der Waals surface area contributed by atoms with Crippen LogP contribution in [0.5, 0.6) is 0 Å². The Morgan fingerprint density at radius 2 is 1.85 bits per heavy atom. The first-order chi connectivity index (χ1) is 12.9. The third-order valence-corrected chi connectivity index (χ3v) is 5.53. The van der Waals surface area contributed by atoms with Crippen molar-refractivity contribution in [3.63, 3.8) is 0 Å². The van der Waals surface area contributed by atoms with Gasteiger partial charge in [-0.2, -0.15) is 0 Å². The van der Waals surface area contributed by atoms with Crippen molar-refractivity contribution in [3.8, 4) is 5.69 Å². The number of rotatable bonds is 7. The van der Waals surface area contributed by atoms with Crippen LogP contribution in [0, 0.1) is 27.7 Å². The lowest BCUT2D eigenvalue weighted by atomic mass is 10.2. The number of thioether (sulfide) groups is 1. The first-order valence-electron chi connectivity index (χ1n) is 8.85. The molecule has 0 aliphatic heterocycles. The second kappa shape index (κ2) is 7.96. The van der Waals surface area contributed by atoms with Gasteiger partial charge in [-0.15, -0.1) is 16.8 Å². The zero-order chi connectivity index (χ0) is 19.6. The highest BCUT2D eigenvalue weighted by Gasteiger charge is 2.18. The Hall–Kier alpha value is -2.60. The lowest BCUT2D eigenvalue weighted by molar-refractivity contribution is 0.102. The van der Waals surface area contributed by atoms with Crippen LogP contribution in [-0.4, -0.2) is 30.9 Å². The number of allylic oxidation sites excluding steroid dienone is 1. The van der Waals surface area contributed by atoms with Crippen LogP contribution in [0.3, 0.4) is 0 Å². The summed E-state index contributed by atoms with van der Waals surface area (Å²) >= 11 is 1.42. The largest absolute Gasteiger partial charge is 0.345 e. The Morgan fingerprint density at radius 3 is 2.52 bits per heavy atom. The minimum Gasteiger partial charge on any atom is -0.345 e. The Morgan fingerprint density at radius 1 is 1.15 bits per heavy atom. The van der Waals surface area contributed by atoms with Gasteiger partial charge in [0.25, 0.3) is 0 Å². The van der Waals surface area contributed by atoms with Gasteiger partial charge in [-0.05, 0) is 45.9 Å². The molecule has 0 saturated carbocycles. The summed E-state index contributed by atoms with van der Waals surface area (Å²) in [6.07, 6.45) is 1.84. The van der Waals surface area contributed by atoms with Crippen LogP contribution in [0.1, 0.15) is 33.1 Å². The zero-order valence-electron chi connectivity index (χ0n) is 16.2. The maximum Gasteiger partial charge on any atom is 0.196 e. The van der Waals surface area contributed by atoms with Crippen molar-refractivity contribution in [3.05, 3.63) is 71.3 Å². The molecule has 0 saturated heterocycles. The first-order valence-corrected chi connectivity index (χ1v) is 9.83. The predicted molar refractivity (Wildman–Crippen MR) is 110 cm³/mol. The highest BCUT2D eigenvalue weighted by atomic mass is 32.2. The molecule has 0 amide bonds. The first kappa shape index (κ1) is 19.2. The van der Waals surface area contributed by atoms with E-state index in [1.807, 2.05) is 49.6 Å². The molecule has 2 aromatic heterocycles. The third-order valence-electron chi connectivity index (χ3n) is 4.61. The Labute approximate surface area is 164 Å². The van der Waals surface area contributed by atoms with E-state index in [0.717, 1.165) is 33.6 Å². The van der Waals surface area contributed by atoms with Gasteiger partial charge in [0.2, 0.25) is 0 Å². The molecule has 0 fully saturated rings.